The molecule has 0 atom stereocenters. The molecule has 0 aliphatic carbocycles. The van der Waals surface area contributed by atoms with Gasteiger partial charge in [0, 0.05) is 24.4 Å². The molecule has 0 bridgehead atoms. The van der Waals surface area contributed by atoms with Gasteiger partial charge in [-0.1, -0.05) is 0 Å². The van der Waals surface area contributed by atoms with E-state index in [4.69, 9.17) is 14.2 Å². The highest BCUT2D eigenvalue weighted by Gasteiger charge is 2.23. The molecule has 0 radical (unpaired) electrons. The van der Waals surface area contributed by atoms with Gasteiger partial charge in [-0.15, -0.1) is 0 Å². The van der Waals surface area contributed by atoms with Crippen molar-refractivity contribution in [3.05, 3.63) is 47.8 Å². The SMILES string of the molecule is CC(C)(C)OC(=O)Nc1ccc(OCCc2ccncc2)c2c1OCCC2. The van der Waals surface area contributed by atoms with Crippen molar-refractivity contribution in [3.8, 4) is 11.5 Å². The Kier molecular flexibility index (Phi) is 5.84. The van der Waals surface area contributed by atoms with Crippen molar-refractivity contribution in [2.45, 2.75) is 45.6 Å². The van der Waals surface area contributed by atoms with Crippen molar-refractivity contribution >= 4 is 11.8 Å². The van der Waals surface area contributed by atoms with Gasteiger partial charge < -0.3 is 14.2 Å². The van der Waals surface area contributed by atoms with Crippen LogP contribution in [-0.4, -0.2) is 29.9 Å². The summed E-state index contributed by atoms with van der Waals surface area (Å²) in [6, 6.07) is 7.65. The molecule has 27 heavy (non-hydrogen) atoms. The third-order valence-electron chi connectivity index (χ3n) is 4.07. The van der Waals surface area contributed by atoms with E-state index in [2.05, 4.69) is 10.3 Å². The lowest BCUT2D eigenvalue weighted by Gasteiger charge is -2.24. The number of benzene rings is 1. The van der Waals surface area contributed by atoms with E-state index in [1.54, 1.807) is 18.5 Å². The molecule has 1 aromatic carbocycles. The zero-order valence-electron chi connectivity index (χ0n) is 16.1. The molecule has 6 heteroatoms. The van der Waals surface area contributed by atoms with Crippen LogP contribution in [0.4, 0.5) is 10.5 Å². The maximum absolute atomic E-state index is 12.1. The minimum atomic E-state index is -0.555. The quantitative estimate of drug-likeness (QED) is 0.846. The zero-order valence-corrected chi connectivity index (χ0v) is 16.1. The molecule has 0 fully saturated rings. The van der Waals surface area contributed by atoms with Crippen LogP contribution in [0.2, 0.25) is 0 Å². The lowest BCUT2D eigenvalue weighted by atomic mass is 10.0. The first-order chi connectivity index (χ1) is 12.9. The Balaban J connectivity index is 1.70. The van der Waals surface area contributed by atoms with E-state index in [9.17, 15) is 4.79 Å². The lowest BCUT2D eigenvalue weighted by Crippen LogP contribution is -2.27. The number of pyridine rings is 1. The maximum atomic E-state index is 12.1. The first-order valence-corrected chi connectivity index (χ1v) is 9.23. The highest BCUT2D eigenvalue weighted by atomic mass is 16.6. The van der Waals surface area contributed by atoms with Crippen molar-refractivity contribution in [2.24, 2.45) is 0 Å². The van der Waals surface area contributed by atoms with Gasteiger partial charge in [0.25, 0.3) is 0 Å². The fourth-order valence-corrected chi connectivity index (χ4v) is 2.91. The standard InChI is InChI=1S/C21H26N2O4/c1-21(2,3)27-20(24)23-17-6-7-18(16-5-4-13-26-19(16)17)25-14-10-15-8-11-22-12-9-15/h6-9,11-12H,4-5,10,13-14H2,1-3H3,(H,23,24). The molecule has 1 aliphatic heterocycles. The fourth-order valence-electron chi connectivity index (χ4n) is 2.91. The second kappa shape index (κ2) is 8.29. The van der Waals surface area contributed by atoms with Crippen molar-refractivity contribution in [1.82, 2.24) is 4.98 Å². The van der Waals surface area contributed by atoms with Crippen LogP contribution in [-0.2, 0) is 17.6 Å². The Labute approximate surface area is 159 Å². The number of amides is 1. The van der Waals surface area contributed by atoms with Crippen molar-refractivity contribution in [3.63, 3.8) is 0 Å². The van der Waals surface area contributed by atoms with Crippen LogP contribution in [0.25, 0.3) is 0 Å². The van der Waals surface area contributed by atoms with E-state index in [1.807, 2.05) is 39.0 Å². The summed E-state index contributed by atoms with van der Waals surface area (Å²) in [5.41, 5.74) is 2.23. The number of rotatable bonds is 5. The monoisotopic (exact) mass is 370 g/mol. The number of hydrogen-bond donors (Lipinski definition) is 1. The van der Waals surface area contributed by atoms with Gasteiger partial charge >= 0.3 is 6.09 Å². The number of carbonyl (C=O) groups is 1. The first-order valence-electron chi connectivity index (χ1n) is 9.23. The predicted molar refractivity (Wildman–Crippen MR) is 104 cm³/mol. The van der Waals surface area contributed by atoms with Gasteiger partial charge in [0.2, 0.25) is 0 Å². The zero-order chi connectivity index (χ0) is 19.3. The minimum Gasteiger partial charge on any atom is -0.493 e. The van der Waals surface area contributed by atoms with Crippen LogP contribution in [0.5, 0.6) is 11.5 Å². The van der Waals surface area contributed by atoms with Gasteiger partial charge in [0.15, 0.2) is 0 Å². The van der Waals surface area contributed by atoms with E-state index in [0.29, 0.717) is 24.7 Å². The molecule has 144 valence electrons. The van der Waals surface area contributed by atoms with Crippen LogP contribution in [0.1, 0.15) is 38.3 Å². The molecular formula is C21H26N2O4. The molecule has 3 rings (SSSR count). The fraction of sp³-hybridized carbons (Fsp3) is 0.429. The molecular weight excluding hydrogens is 344 g/mol. The topological polar surface area (TPSA) is 69.7 Å². The molecule has 6 nitrogen and oxygen atoms in total. The normalized spacial score (nSPS) is 13.3. The molecule has 1 N–H and O–H groups in total. The summed E-state index contributed by atoms with van der Waals surface area (Å²) >= 11 is 0. The molecule has 0 saturated carbocycles. The molecule has 0 saturated heterocycles. The van der Waals surface area contributed by atoms with Crippen molar-refractivity contribution in [2.75, 3.05) is 18.5 Å². The van der Waals surface area contributed by atoms with Gasteiger partial charge in [0.1, 0.15) is 17.1 Å². The number of fused-ring (bicyclic) bond motifs is 1. The summed E-state index contributed by atoms with van der Waals surface area (Å²) in [4.78, 5) is 16.1. The highest BCUT2D eigenvalue weighted by Crippen LogP contribution is 2.39. The van der Waals surface area contributed by atoms with Crippen LogP contribution in [0.15, 0.2) is 36.7 Å². The maximum Gasteiger partial charge on any atom is 0.412 e. The van der Waals surface area contributed by atoms with Crippen LogP contribution in [0, 0.1) is 0 Å². The van der Waals surface area contributed by atoms with Crippen molar-refractivity contribution in [1.29, 1.82) is 0 Å². The average Bonchev–Trinajstić information content (AvgIpc) is 2.63. The molecule has 2 aromatic rings. The van der Waals surface area contributed by atoms with Gasteiger partial charge in [-0.25, -0.2) is 4.79 Å². The molecule has 2 heterocycles. The average molecular weight is 370 g/mol. The van der Waals surface area contributed by atoms with E-state index >= 15 is 0 Å². The Hall–Kier alpha value is -2.76. The largest absolute Gasteiger partial charge is 0.493 e. The minimum absolute atomic E-state index is 0.495. The summed E-state index contributed by atoms with van der Waals surface area (Å²) in [6.45, 7) is 6.68. The number of carbonyl (C=O) groups excluding carboxylic acids is 1. The third kappa shape index (κ3) is 5.36. The second-order valence-corrected chi connectivity index (χ2v) is 7.45. The Bertz CT molecular complexity index is 785. The van der Waals surface area contributed by atoms with Gasteiger partial charge in [0.05, 0.1) is 18.9 Å². The highest BCUT2D eigenvalue weighted by molar-refractivity contribution is 5.88. The number of aromatic nitrogens is 1. The van der Waals surface area contributed by atoms with E-state index in [1.165, 1.54) is 5.56 Å². The third-order valence-corrected chi connectivity index (χ3v) is 4.07. The van der Waals surface area contributed by atoms with Crippen LogP contribution < -0.4 is 14.8 Å². The van der Waals surface area contributed by atoms with Gasteiger partial charge in [-0.2, -0.15) is 0 Å². The molecule has 0 unspecified atom stereocenters. The Morgan fingerprint density at radius 3 is 2.74 bits per heavy atom. The number of nitrogens with one attached hydrogen (secondary N) is 1. The summed E-state index contributed by atoms with van der Waals surface area (Å²) in [6.07, 6.45) is 5.64. The summed E-state index contributed by atoms with van der Waals surface area (Å²) in [5.74, 6) is 1.47. The number of anilines is 1. The van der Waals surface area contributed by atoms with Crippen molar-refractivity contribution < 1.29 is 19.0 Å². The number of hydrogen-bond acceptors (Lipinski definition) is 5. The predicted octanol–water partition coefficient (Wildman–Crippen LogP) is 4.38. The van der Waals surface area contributed by atoms with E-state index < -0.39 is 11.7 Å². The van der Waals surface area contributed by atoms with E-state index in [-0.39, 0.29) is 0 Å². The lowest BCUT2D eigenvalue weighted by molar-refractivity contribution is 0.0635. The smallest absolute Gasteiger partial charge is 0.412 e. The number of nitrogens with zero attached hydrogens (tertiary/aromatic N) is 1. The summed E-state index contributed by atoms with van der Waals surface area (Å²) in [5, 5.41) is 2.79. The number of ether oxygens (including phenoxy) is 3. The van der Waals surface area contributed by atoms with E-state index in [0.717, 1.165) is 30.6 Å². The van der Waals surface area contributed by atoms with Gasteiger partial charge in [-0.3, -0.25) is 10.3 Å². The summed E-state index contributed by atoms with van der Waals surface area (Å²) < 4.78 is 17.2. The molecule has 1 amide bonds. The summed E-state index contributed by atoms with van der Waals surface area (Å²) in [7, 11) is 0. The molecule has 1 aromatic heterocycles. The Morgan fingerprint density at radius 2 is 2.00 bits per heavy atom. The Morgan fingerprint density at radius 1 is 1.22 bits per heavy atom. The molecule has 0 spiro atoms. The second-order valence-electron chi connectivity index (χ2n) is 7.45. The van der Waals surface area contributed by atoms with Gasteiger partial charge in [-0.05, 0) is 63.4 Å². The molecule has 1 aliphatic rings. The van der Waals surface area contributed by atoms with Crippen LogP contribution in [0.3, 0.4) is 0 Å². The van der Waals surface area contributed by atoms with Crippen LogP contribution >= 0.6 is 0 Å². The first kappa shape index (κ1) is 19.0.